The molecule has 1 aliphatic heterocycles. The maximum atomic E-state index is 13.9. The first kappa shape index (κ1) is 29.6. The Hall–Kier alpha value is -3.45. The molecular formula is C36H44N2O5. The van der Waals surface area contributed by atoms with Crippen molar-refractivity contribution in [2.75, 3.05) is 13.2 Å². The molecule has 1 unspecified atom stereocenters. The lowest BCUT2D eigenvalue weighted by atomic mass is 9.69. The van der Waals surface area contributed by atoms with Crippen LogP contribution < -0.4 is 0 Å². The summed E-state index contributed by atoms with van der Waals surface area (Å²) in [5.41, 5.74) is 4.32. The minimum atomic E-state index is -0.557. The molecule has 3 aliphatic rings. The average molecular weight is 585 g/mol. The largest absolute Gasteiger partial charge is 0.447 e. The van der Waals surface area contributed by atoms with Crippen LogP contribution in [0, 0.1) is 11.8 Å². The first-order valence-electron chi connectivity index (χ1n) is 16.1. The second-order valence-corrected chi connectivity index (χ2v) is 13.2. The van der Waals surface area contributed by atoms with Crippen LogP contribution in [0.1, 0.15) is 105 Å². The number of rotatable bonds is 14. The van der Waals surface area contributed by atoms with Crippen molar-refractivity contribution in [1.82, 2.24) is 10.1 Å². The molecule has 2 saturated carbocycles. The standard InChI is InChI=1S/C36H44N2O5/c1-24(2)17-27-18-30(19-27)35-33(28-13-14-28)34(37-43-35)29(15-16-41-22-26-11-7-4-8-12-26)21-32(39)38-31(23-42-36(38)40)20-25-9-5-3-6-10-25/h3-12,24,27-31H,13-23H2,1-2H3/t27?,29?,30?,31-/m1/s1. The molecule has 3 aromatic rings. The molecule has 228 valence electrons. The Morgan fingerprint density at radius 1 is 1.00 bits per heavy atom. The molecule has 1 saturated heterocycles. The molecular weight excluding hydrogens is 540 g/mol. The fourth-order valence-corrected chi connectivity index (χ4v) is 6.94. The SMILES string of the molecule is CC(C)CC1CC(c2onc(C(CCOCc3ccccc3)CC(=O)N3C(=O)OC[C@H]3Cc3ccccc3)c2C2CC2)C1. The first-order valence-corrected chi connectivity index (χ1v) is 16.1. The second kappa shape index (κ2) is 13.5. The van der Waals surface area contributed by atoms with Gasteiger partial charge in [-0.3, -0.25) is 4.79 Å². The van der Waals surface area contributed by atoms with E-state index in [1.807, 2.05) is 60.7 Å². The Balaban J connectivity index is 1.19. The Labute approximate surface area is 254 Å². The summed E-state index contributed by atoms with van der Waals surface area (Å²) in [5.74, 6) is 2.94. The van der Waals surface area contributed by atoms with Crippen LogP contribution in [0.4, 0.5) is 4.79 Å². The van der Waals surface area contributed by atoms with E-state index < -0.39 is 6.09 Å². The zero-order chi connectivity index (χ0) is 29.8. The van der Waals surface area contributed by atoms with Gasteiger partial charge in [0, 0.05) is 30.4 Å². The van der Waals surface area contributed by atoms with Crippen molar-refractivity contribution in [3.8, 4) is 0 Å². The molecule has 0 bridgehead atoms. The maximum Gasteiger partial charge on any atom is 0.416 e. The third-order valence-electron chi connectivity index (χ3n) is 9.25. The summed E-state index contributed by atoms with van der Waals surface area (Å²) in [6.07, 6.45) is 6.62. The number of hydrogen-bond donors (Lipinski definition) is 0. The Kier molecular flexibility index (Phi) is 9.27. The number of cyclic esters (lactones) is 1. The van der Waals surface area contributed by atoms with Gasteiger partial charge in [0.25, 0.3) is 0 Å². The summed E-state index contributed by atoms with van der Waals surface area (Å²) in [6.45, 7) is 5.79. The molecule has 2 amide bonds. The van der Waals surface area contributed by atoms with Crippen LogP contribution in [0.25, 0.3) is 0 Å². The molecule has 7 heteroatoms. The van der Waals surface area contributed by atoms with Gasteiger partial charge < -0.3 is 14.0 Å². The molecule has 2 heterocycles. The summed E-state index contributed by atoms with van der Waals surface area (Å²) >= 11 is 0. The number of carbonyl (C=O) groups is 2. The summed E-state index contributed by atoms with van der Waals surface area (Å²) in [7, 11) is 0. The number of nitrogens with zero attached hydrogens (tertiary/aromatic N) is 2. The lowest BCUT2D eigenvalue weighted by Gasteiger charge is -2.35. The van der Waals surface area contributed by atoms with E-state index in [0.29, 0.717) is 43.8 Å². The zero-order valence-corrected chi connectivity index (χ0v) is 25.5. The molecule has 0 radical (unpaired) electrons. The first-order chi connectivity index (χ1) is 21.0. The normalized spacial score (nSPS) is 22.4. The van der Waals surface area contributed by atoms with Crippen molar-refractivity contribution in [3.05, 3.63) is 88.8 Å². The number of aromatic nitrogens is 1. The Morgan fingerprint density at radius 2 is 1.70 bits per heavy atom. The van der Waals surface area contributed by atoms with Crippen molar-refractivity contribution < 1.29 is 23.6 Å². The van der Waals surface area contributed by atoms with Gasteiger partial charge in [0.2, 0.25) is 5.91 Å². The highest BCUT2D eigenvalue weighted by molar-refractivity contribution is 5.94. The van der Waals surface area contributed by atoms with E-state index in [4.69, 9.17) is 14.0 Å². The lowest BCUT2D eigenvalue weighted by molar-refractivity contribution is -0.129. The molecule has 0 N–H and O–H groups in total. The fourth-order valence-electron chi connectivity index (χ4n) is 6.94. The minimum absolute atomic E-state index is 0.168. The van der Waals surface area contributed by atoms with Crippen LogP contribution in [0.2, 0.25) is 0 Å². The van der Waals surface area contributed by atoms with Gasteiger partial charge in [0.1, 0.15) is 12.4 Å². The Bertz CT molecular complexity index is 1360. The molecule has 7 nitrogen and oxygen atoms in total. The van der Waals surface area contributed by atoms with Gasteiger partial charge in [-0.2, -0.15) is 0 Å². The lowest BCUT2D eigenvalue weighted by Crippen LogP contribution is -2.40. The van der Waals surface area contributed by atoms with Crippen LogP contribution in [0.3, 0.4) is 0 Å². The predicted octanol–water partition coefficient (Wildman–Crippen LogP) is 7.76. The number of benzene rings is 2. The van der Waals surface area contributed by atoms with Gasteiger partial charge in [0.05, 0.1) is 18.3 Å². The monoisotopic (exact) mass is 584 g/mol. The number of ether oxygens (including phenoxy) is 2. The van der Waals surface area contributed by atoms with Crippen molar-refractivity contribution in [3.63, 3.8) is 0 Å². The Morgan fingerprint density at radius 3 is 2.37 bits per heavy atom. The number of hydrogen-bond acceptors (Lipinski definition) is 6. The van der Waals surface area contributed by atoms with E-state index in [0.717, 1.165) is 54.2 Å². The van der Waals surface area contributed by atoms with E-state index in [-0.39, 0.29) is 30.9 Å². The predicted molar refractivity (Wildman–Crippen MR) is 164 cm³/mol. The van der Waals surface area contributed by atoms with Crippen molar-refractivity contribution >= 4 is 12.0 Å². The third kappa shape index (κ3) is 7.20. The summed E-state index contributed by atoms with van der Waals surface area (Å²) in [4.78, 5) is 28.0. The van der Waals surface area contributed by atoms with Crippen LogP contribution in [-0.4, -0.2) is 41.3 Å². The van der Waals surface area contributed by atoms with Crippen molar-refractivity contribution in [1.29, 1.82) is 0 Å². The molecule has 6 rings (SSSR count). The molecule has 1 aromatic heterocycles. The third-order valence-corrected chi connectivity index (χ3v) is 9.25. The van der Waals surface area contributed by atoms with Gasteiger partial charge >= 0.3 is 6.09 Å². The molecule has 43 heavy (non-hydrogen) atoms. The van der Waals surface area contributed by atoms with Crippen LogP contribution in [-0.2, 0) is 27.3 Å². The van der Waals surface area contributed by atoms with Gasteiger partial charge in [-0.05, 0) is 73.8 Å². The average Bonchev–Trinajstić information content (AvgIpc) is 3.63. The number of carbonyl (C=O) groups excluding carboxylic acids is 2. The van der Waals surface area contributed by atoms with Crippen LogP contribution in [0.15, 0.2) is 65.2 Å². The summed E-state index contributed by atoms with van der Waals surface area (Å²) < 4.78 is 17.6. The second-order valence-electron chi connectivity index (χ2n) is 13.2. The van der Waals surface area contributed by atoms with E-state index in [1.54, 1.807) is 0 Å². The minimum Gasteiger partial charge on any atom is -0.447 e. The molecule has 0 spiro atoms. The molecule has 2 aromatic carbocycles. The van der Waals surface area contributed by atoms with Gasteiger partial charge in [-0.1, -0.05) is 79.7 Å². The van der Waals surface area contributed by atoms with Crippen LogP contribution in [0.5, 0.6) is 0 Å². The highest BCUT2D eigenvalue weighted by atomic mass is 16.6. The molecule has 3 fully saturated rings. The topological polar surface area (TPSA) is 81.9 Å². The van der Waals surface area contributed by atoms with Crippen molar-refractivity contribution in [2.24, 2.45) is 11.8 Å². The summed E-state index contributed by atoms with van der Waals surface area (Å²) in [5, 5.41) is 4.67. The van der Waals surface area contributed by atoms with E-state index in [2.05, 4.69) is 19.0 Å². The smallest absolute Gasteiger partial charge is 0.416 e. The van der Waals surface area contributed by atoms with Gasteiger partial charge in [0.15, 0.2) is 0 Å². The van der Waals surface area contributed by atoms with E-state index in [9.17, 15) is 9.59 Å². The zero-order valence-electron chi connectivity index (χ0n) is 25.5. The van der Waals surface area contributed by atoms with Crippen molar-refractivity contribution in [2.45, 2.75) is 95.6 Å². The molecule has 2 aliphatic carbocycles. The van der Waals surface area contributed by atoms with Gasteiger partial charge in [-0.15, -0.1) is 0 Å². The highest BCUT2D eigenvalue weighted by Crippen LogP contribution is 2.52. The fraction of sp³-hybridized carbons (Fsp3) is 0.528. The van der Waals surface area contributed by atoms with E-state index >= 15 is 0 Å². The maximum absolute atomic E-state index is 13.9. The molecule has 2 atom stereocenters. The number of amides is 2. The highest BCUT2D eigenvalue weighted by Gasteiger charge is 2.43. The van der Waals surface area contributed by atoms with Crippen LogP contribution >= 0.6 is 0 Å². The van der Waals surface area contributed by atoms with E-state index in [1.165, 1.54) is 16.9 Å². The number of imide groups is 1. The van der Waals surface area contributed by atoms with Gasteiger partial charge in [-0.25, -0.2) is 9.69 Å². The summed E-state index contributed by atoms with van der Waals surface area (Å²) in [6, 6.07) is 19.7. The quantitative estimate of drug-likeness (QED) is 0.180.